The Labute approximate surface area is 141 Å². The van der Waals surface area contributed by atoms with Gasteiger partial charge in [-0.3, -0.25) is 4.79 Å². The summed E-state index contributed by atoms with van der Waals surface area (Å²) in [6.07, 6.45) is 8.92. The van der Waals surface area contributed by atoms with Crippen molar-refractivity contribution in [2.24, 2.45) is 0 Å². The van der Waals surface area contributed by atoms with Crippen LogP contribution in [0.15, 0.2) is 30.6 Å². The lowest BCUT2D eigenvalue weighted by atomic mass is 9.98. The van der Waals surface area contributed by atoms with Crippen molar-refractivity contribution >= 4 is 5.91 Å². The molecule has 1 N–H and O–H groups in total. The van der Waals surface area contributed by atoms with Gasteiger partial charge in [0, 0.05) is 13.2 Å². The average Bonchev–Trinajstić information content (AvgIpc) is 3.17. The molecule has 0 radical (unpaired) electrons. The normalized spacial score (nSPS) is 15.3. The summed E-state index contributed by atoms with van der Waals surface area (Å²) >= 11 is 0. The first-order valence-electron chi connectivity index (χ1n) is 8.57. The van der Waals surface area contributed by atoms with Gasteiger partial charge in [-0.1, -0.05) is 31.4 Å². The number of tetrazole rings is 1. The Morgan fingerprint density at radius 2 is 2.08 bits per heavy atom. The fourth-order valence-electron chi connectivity index (χ4n) is 2.99. The van der Waals surface area contributed by atoms with Gasteiger partial charge in [0.1, 0.15) is 6.33 Å². The molecule has 7 nitrogen and oxygen atoms in total. The van der Waals surface area contributed by atoms with Gasteiger partial charge in [0.2, 0.25) is 0 Å². The molecule has 0 spiro atoms. The van der Waals surface area contributed by atoms with Crippen LogP contribution in [-0.2, 0) is 4.74 Å². The number of rotatable bonds is 7. The molecule has 2 aromatic rings. The number of carbonyl (C=O) groups excluding carboxylic acids is 1. The van der Waals surface area contributed by atoms with E-state index >= 15 is 0 Å². The van der Waals surface area contributed by atoms with E-state index in [0.717, 1.165) is 6.42 Å². The third kappa shape index (κ3) is 4.38. The van der Waals surface area contributed by atoms with Gasteiger partial charge in [-0.05, 0) is 41.8 Å². The smallest absolute Gasteiger partial charge is 0.253 e. The van der Waals surface area contributed by atoms with Crippen LogP contribution in [-0.4, -0.2) is 45.4 Å². The van der Waals surface area contributed by atoms with Crippen LogP contribution >= 0.6 is 0 Å². The second-order valence-electron chi connectivity index (χ2n) is 6.01. The van der Waals surface area contributed by atoms with E-state index in [1.165, 1.54) is 43.1 Å². The van der Waals surface area contributed by atoms with Crippen LogP contribution in [0.25, 0.3) is 5.69 Å². The molecule has 7 heteroatoms. The Kier molecular flexibility index (Phi) is 5.90. The first-order chi connectivity index (χ1) is 11.8. The lowest BCUT2D eigenvalue weighted by molar-refractivity contribution is 0.0273. The first-order valence-corrected chi connectivity index (χ1v) is 8.57. The largest absolute Gasteiger partial charge is 0.378 e. The van der Waals surface area contributed by atoms with Gasteiger partial charge < -0.3 is 10.1 Å². The van der Waals surface area contributed by atoms with Gasteiger partial charge >= 0.3 is 0 Å². The van der Waals surface area contributed by atoms with Crippen molar-refractivity contribution in [3.63, 3.8) is 0 Å². The molecule has 1 aliphatic rings. The van der Waals surface area contributed by atoms with E-state index in [4.69, 9.17) is 4.74 Å². The number of aromatic nitrogens is 4. The zero-order valence-corrected chi connectivity index (χ0v) is 13.7. The van der Waals surface area contributed by atoms with Crippen molar-refractivity contribution in [1.82, 2.24) is 25.5 Å². The molecule has 1 aliphatic carbocycles. The number of nitrogens with zero attached hydrogens (tertiary/aromatic N) is 4. The summed E-state index contributed by atoms with van der Waals surface area (Å²) in [5.41, 5.74) is 1.22. The van der Waals surface area contributed by atoms with Crippen molar-refractivity contribution in [2.75, 3.05) is 13.2 Å². The number of para-hydroxylation sites is 1. The highest BCUT2D eigenvalue weighted by Gasteiger charge is 2.14. The van der Waals surface area contributed by atoms with Crippen molar-refractivity contribution in [3.05, 3.63) is 36.2 Å². The first kappa shape index (κ1) is 16.6. The third-order valence-corrected chi connectivity index (χ3v) is 4.26. The molecule has 1 fully saturated rings. The van der Waals surface area contributed by atoms with Gasteiger partial charge in [0.05, 0.1) is 17.4 Å². The number of carbonyl (C=O) groups is 1. The van der Waals surface area contributed by atoms with Crippen LogP contribution in [0, 0.1) is 0 Å². The maximum atomic E-state index is 12.4. The van der Waals surface area contributed by atoms with Crippen molar-refractivity contribution in [3.8, 4) is 5.69 Å². The van der Waals surface area contributed by atoms with Gasteiger partial charge in [-0.25, -0.2) is 0 Å². The van der Waals surface area contributed by atoms with Gasteiger partial charge in [0.15, 0.2) is 0 Å². The van der Waals surface area contributed by atoms with Gasteiger partial charge in [-0.2, -0.15) is 4.68 Å². The minimum absolute atomic E-state index is 0.126. The molecule has 0 aliphatic heterocycles. The average molecular weight is 329 g/mol. The van der Waals surface area contributed by atoms with Crippen LogP contribution in [0.2, 0.25) is 0 Å². The zero-order chi connectivity index (χ0) is 16.6. The minimum atomic E-state index is -0.126. The summed E-state index contributed by atoms with van der Waals surface area (Å²) in [6.45, 7) is 1.29. The van der Waals surface area contributed by atoms with Crippen LogP contribution in [0.5, 0.6) is 0 Å². The Morgan fingerprint density at radius 3 is 2.88 bits per heavy atom. The zero-order valence-electron chi connectivity index (χ0n) is 13.7. The summed E-state index contributed by atoms with van der Waals surface area (Å²) < 4.78 is 7.36. The fourth-order valence-corrected chi connectivity index (χ4v) is 2.99. The molecule has 3 rings (SSSR count). The Balaban J connectivity index is 1.45. The number of benzene rings is 1. The maximum absolute atomic E-state index is 12.4. The molecule has 24 heavy (non-hydrogen) atoms. The van der Waals surface area contributed by atoms with Crippen LogP contribution in [0.1, 0.15) is 48.9 Å². The van der Waals surface area contributed by atoms with E-state index in [1.807, 2.05) is 18.2 Å². The lowest BCUT2D eigenvalue weighted by Crippen LogP contribution is -2.27. The second kappa shape index (κ2) is 8.54. The Morgan fingerprint density at radius 1 is 1.25 bits per heavy atom. The SMILES string of the molecule is O=C(NCCCOC1CCCCC1)c1ccccc1-n1cnnn1. The summed E-state index contributed by atoms with van der Waals surface area (Å²) in [5, 5.41) is 14.0. The van der Waals surface area contributed by atoms with Crippen molar-refractivity contribution in [1.29, 1.82) is 0 Å². The predicted molar refractivity (Wildman–Crippen MR) is 88.9 cm³/mol. The molecule has 128 valence electrons. The highest BCUT2D eigenvalue weighted by Crippen LogP contribution is 2.20. The van der Waals surface area contributed by atoms with Gasteiger partial charge in [0.25, 0.3) is 5.91 Å². The molecule has 1 heterocycles. The van der Waals surface area contributed by atoms with Crippen LogP contribution in [0.4, 0.5) is 0 Å². The van der Waals surface area contributed by atoms with Gasteiger partial charge in [-0.15, -0.1) is 5.10 Å². The third-order valence-electron chi connectivity index (χ3n) is 4.26. The number of nitrogens with one attached hydrogen (secondary N) is 1. The Bertz CT molecular complexity index is 638. The summed E-state index contributed by atoms with van der Waals surface area (Å²) in [5.74, 6) is -0.126. The molecule has 0 atom stereocenters. The molecule has 1 aromatic heterocycles. The van der Waals surface area contributed by atoms with Crippen LogP contribution in [0.3, 0.4) is 0 Å². The topological polar surface area (TPSA) is 81.9 Å². The molecule has 1 saturated carbocycles. The summed E-state index contributed by atoms with van der Waals surface area (Å²) in [4.78, 5) is 12.4. The van der Waals surface area contributed by atoms with E-state index < -0.39 is 0 Å². The van der Waals surface area contributed by atoms with E-state index in [2.05, 4.69) is 20.8 Å². The number of hydrogen-bond donors (Lipinski definition) is 1. The number of hydrogen-bond acceptors (Lipinski definition) is 5. The monoisotopic (exact) mass is 329 g/mol. The van der Waals surface area contributed by atoms with E-state index in [-0.39, 0.29) is 5.91 Å². The quantitative estimate of drug-likeness (QED) is 0.787. The highest BCUT2D eigenvalue weighted by molar-refractivity contribution is 5.97. The fraction of sp³-hybridized carbons (Fsp3) is 0.529. The maximum Gasteiger partial charge on any atom is 0.253 e. The molecule has 1 aromatic carbocycles. The van der Waals surface area contributed by atoms with Crippen LogP contribution < -0.4 is 5.32 Å². The summed E-state index contributed by atoms with van der Waals surface area (Å²) in [7, 11) is 0. The number of ether oxygens (including phenoxy) is 1. The predicted octanol–water partition coefficient (Wildman–Crippen LogP) is 2.13. The molecule has 0 unspecified atom stereocenters. The standard InChI is InChI=1S/C17H23N5O2/c23-17(18-11-6-12-24-14-7-2-1-3-8-14)15-9-4-5-10-16(15)22-13-19-20-21-22/h4-5,9-10,13-14H,1-3,6-8,11-12H2,(H,18,23). The van der Waals surface area contributed by atoms with E-state index in [0.29, 0.717) is 30.5 Å². The summed E-state index contributed by atoms with van der Waals surface area (Å²) in [6, 6.07) is 7.27. The minimum Gasteiger partial charge on any atom is -0.378 e. The second-order valence-corrected chi connectivity index (χ2v) is 6.01. The molecule has 0 bridgehead atoms. The number of amides is 1. The molecule has 0 saturated heterocycles. The molecular formula is C17H23N5O2. The van der Waals surface area contributed by atoms with Crippen molar-refractivity contribution in [2.45, 2.75) is 44.6 Å². The van der Waals surface area contributed by atoms with Crippen molar-refractivity contribution < 1.29 is 9.53 Å². The lowest BCUT2D eigenvalue weighted by Gasteiger charge is -2.21. The van der Waals surface area contributed by atoms with E-state index in [1.54, 1.807) is 6.07 Å². The highest BCUT2D eigenvalue weighted by atomic mass is 16.5. The van der Waals surface area contributed by atoms with E-state index in [9.17, 15) is 4.79 Å². The Hall–Kier alpha value is -2.28. The molecule has 1 amide bonds. The molecular weight excluding hydrogens is 306 g/mol.